The van der Waals surface area contributed by atoms with Gasteiger partial charge >= 0.3 is 5.97 Å². The maximum Gasteiger partial charge on any atom is 0.343 e. The third kappa shape index (κ3) is 4.35. The lowest BCUT2D eigenvalue weighted by Crippen LogP contribution is -2.08. The Labute approximate surface area is 151 Å². The number of carbonyl (C=O) groups is 1. The highest BCUT2D eigenvalue weighted by Crippen LogP contribution is 2.23. The predicted molar refractivity (Wildman–Crippen MR) is 106 cm³/mol. The summed E-state index contributed by atoms with van der Waals surface area (Å²) in [4.78, 5) is 12.2. The van der Waals surface area contributed by atoms with Gasteiger partial charge in [0, 0.05) is 0 Å². The molecule has 25 heavy (non-hydrogen) atoms. The average Bonchev–Trinajstić information content (AvgIpc) is 2.68. The zero-order valence-corrected chi connectivity index (χ0v) is 15.4. The maximum atomic E-state index is 12.2. The van der Waals surface area contributed by atoms with Gasteiger partial charge in [-0.1, -0.05) is 55.5 Å². The van der Waals surface area contributed by atoms with Crippen molar-refractivity contribution in [3.8, 4) is 16.9 Å². The first-order valence-corrected chi connectivity index (χ1v) is 9.22. The number of ether oxygens (including phenoxy) is 1. The summed E-state index contributed by atoms with van der Waals surface area (Å²) in [5.41, 5.74) is 5.30. The quantitative estimate of drug-likeness (QED) is 0.345. The van der Waals surface area contributed by atoms with Crippen molar-refractivity contribution in [1.82, 2.24) is 0 Å². The number of hydrogen-bond donors (Lipinski definition) is 0. The molecule has 1 atom stereocenters. The normalized spacial score (nSPS) is 10.5. The Balaban J connectivity index is 1.69. The minimum atomic E-state index is -0.338. The van der Waals surface area contributed by atoms with Crippen LogP contribution in [0.25, 0.3) is 11.1 Å². The molecule has 3 aromatic rings. The van der Waals surface area contributed by atoms with E-state index < -0.39 is 0 Å². The number of carbonyl (C=O) groups excluding carboxylic acids is 1. The topological polar surface area (TPSA) is 26.3 Å². The fraction of sp³-hybridized carbons (Fsp3) is 0.136. The molecular weight excluding hydrogens is 327 g/mol. The first-order valence-electron chi connectivity index (χ1n) is 8.40. The van der Waals surface area contributed by atoms with E-state index in [1.165, 1.54) is 11.1 Å². The van der Waals surface area contributed by atoms with Gasteiger partial charge in [0.25, 0.3) is 0 Å². The molecule has 0 spiro atoms. The molecule has 0 aliphatic heterocycles. The highest BCUT2D eigenvalue weighted by atomic mass is 31.0. The van der Waals surface area contributed by atoms with Gasteiger partial charge in [-0.25, -0.2) is 4.79 Å². The minimum absolute atomic E-state index is 0.338. The molecule has 3 rings (SSSR count). The predicted octanol–water partition coefficient (Wildman–Crippen LogP) is 5.51. The van der Waals surface area contributed by atoms with Crippen LogP contribution >= 0.6 is 9.24 Å². The Bertz CT molecular complexity index is 835. The molecule has 0 amide bonds. The molecule has 2 nitrogen and oxygen atoms in total. The van der Waals surface area contributed by atoms with E-state index in [1.54, 1.807) is 12.1 Å². The van der Waals surface area contributed by atoms with Crippen molar-refractivity contribution >= 4 is 15.2 Å². The third-order valence-corrected chi connectivity index (χ3v) is 4.66. The molecule has 0 radical (unpaired) electrons. The molecule has 0 N–H and O–H groups in total. The van der Waals surface area contributed by atoms with E-state index in [0.29, 0.717) is 11.3 Å². The van der Waals surface area contributed by atoms with Gasteiger partial charge in [0.2, 0.25) is 0 Å². The summed E-state index contributed by atoms with van der Waals surface area (Å²) in [6, 6.07) is 23.6. The fourth-order valence-electron chi connectivity index (χ4n) is 2.59. The molecular formula is C22H21O2P. The van der Waals surface area contributed by atoms with Crippen molar-refractivity contribution in [2.24, 2.45) is 0 Å². The lowest BCUT2D eigenvalue weighted by molar-refractivity contribution is 0.0735. The van der Waals surface area contributed by atoms with Crippen LogP contribution in [0.4, 0.5) is 0 Å². The van der Waals surface area contributed by atoms with Crippen molar-refractivity contribution in [2.75, 3.05) is 0 Å². The highest BCUT2D eigenvalue weighted by Gasteiger charge is 2.08. The second-order valence-electron chi connectivity index (χ2n) is 5.87. The Hall–Kier alpha value is -2.44. The molecule has 0 saturated carbocycles. The van der Waals surface area contributed by atoms with Gasteiger partial charge in [0.05, 0.1) is 5.56 Å². The molecule has 3 aromatic carbocycles. The Morgan fingerprint density at radius 1 is 0.800 bits per heavy atom. The second-order valence-corrected chi connectivity index (χ2v) is 6.27. The Kier molecular flexibility index (Phi) is 5.63. The van der Waals surface area contributed by atoms with E-state index in [0.717, 1.165) is 23.7 Å². The number of rotatable bonds is 5. The SMILES string of the molecule is CCc1ccc(-c2ccc(OC(=O)c3ccc(CP)cc3)cc2)cc1. The molecule has 0 bridgehead atoms. The first-order chi connectivity index (χ1) is 12.2. The van der Waals surface area contributed by atoms with Gasteiger partial charge in [0.15, 0.2) is 0 Å². The van der Waals surface area contributed by atoms with Gasteiger partial charge in [-0.2, -0.15) is 0 Å². The largest absolute Gasteiger partial charge is 0.423 e. The smallest absolute Gasteiger partial charge is 0.343 e. The molecule has 0 aliphatic rings. The monoisotopic (exact) mass is 348 g/mol. The van der Waals surface area contributed by atoms with Crippen LogP contribution in [0.1, 0.15) is 28.4 Å². The van der Waals surface area contributed by atoms with Gasteiger partial charge in [-0.15, -0.1) is 9.24 Å². The number of esters is 1. The molecule has 0 aliphatic carbocycles. The molecule has 0 saturated heterocycles. The van der Waals surface area contributed by atoms with Gasteiger partial charge in [-0.05, 0) is 59.1 Å². The highest BCUT2D eigenvalue weighted by molar-refractivity contribution is 7.15. The lowest BCUT2D eigenvalue weighted by Gasteiger charge is -2.07. The van der Waals surface area contributed by atoms with Crippen LogP contribution in [-0.2, 0) is 12.6 Å². The number of aryl methyl sites for hydroxylation is 1. The zero-order valence-electron chi connectivity index (χ0n) is 14.2. The first kappa shape index (κ1) is 17.4. The maximum absolute atomic E-state index is 12.2. The summed E-state index contributed by atoms with van der Waals surface area (Å²) in [5, 5.41) is 0. The van der Waals surface area contributed by atoms with E-state index >= 15 is 0 Å². The Morgan fingerprint density at radius 3 is 1.84 bits per heavy atom. The van der Waals surface area contributed by atoms with Crippen molar-refractivity contribution in [2.45, 2.75) is 19.5 Å². The van der Waals surface area contributed by atoms with Crippen LogP contribution < -0.4 is 4.74 Å². The van der Waals surface area contributed by atoms with Gasteiger partial charge in [-0.3, -0.25) is 0 Å². The van der Waals surface area contributed by atoms with E-state index in [1.807, 2.05) is 36.4 Å². The summed E-state index contributed by atoms with van der Waals surface area (Å²) in [7, 11) is 2.67. The number of hydrogen-bond acceptors (Lipinski definition) is 2. The van der Waals surface area contributed by atoms with E-state index in [4.69, 9.17) is 4.74 Å². The van der Waals surface area contributed by atoms with Crippen LogP contribution in [0, 0.1) is 0 Å². The molecule has 126 valence electrons. The summed E-state index contributed by atoms with van der Waals surface area (Å²) < 4.78 is 5.46. The second kappa shape index (κ2) is 8.09. The minimum Gasteiger partial charge on any atom is -0.423 e. The van der Waals surface area contributed by atoms with Crippen molar-refractivity contribution < 1.29 is 9.53 Å². The molecule has 0 aromatic heterocycles. The molecule has 1 unspecified atom stereocenters. The summed E-state index contributed by atoms with van der Waals surface area (Å²) in [5.74, 6) is 0.212. The van der Waals surface area contributed by atoms with Gasteiger partial charge < -0.3 is 4.74 Å². The summed E-state index contributed by atoms with van der Waals surface area (Å²) >= 11 is 0. The summed E-state index contributed by atoms with van der Waals surface area (Å²) in [6.45, 7) is 2.15. The Morgan fingerprint density at radius 2 is 1.32 bits per heavy atom. The van der Waals surface area contributed by atoms with Crippen LogP contribution in [0.5, 0.6) is 5.75 Å². The van der Waals surface area contributed by atoms with E-state index in [9.17, 15) is 4.79 Å². The van der Waals surface area contributed by atoms with Crippen molar-refractivity contribution in [3.63, 3.8) is 0 Å². The molecule has 3 heteroatoms. The fourth-order valence-corrected chi connectivity index (χ4v) is 2.86. The van der Waals surface area contributed by atoms with Crippen molar-refractivity contribution in [3.05, 3.63) is 89.5 Å². The van der Waals surface area contributed by atoms with Crippen LogP contribution in [0.3, 0.4) is 0 Å². The van der Waals surface area contributed by atoms with Crippen LogP contribution in [0.2, 0.25) is 0 Å². The van der Waals surface area contributed by atoms with Crippen LogP contribution in [-0.4, -0.2) is 5.97 Å². The van der Waals surface area contributed by atoms with Crippen molar-refractivity contribution in [1.29, 1.82) is 0 Å². The zero-order chi connectivity index (χ0) is 17.6. The average molecular weight is 348 g/mol. The van der Waals surface area contributed by atoms with E-state index in [2.05, 4.69) is 40.4 Å². The summed E-state index contributed by atoms with van der Waals surface area (Å²) in [6.07, 6.45) is 1.91. The third-order valence-electron chi connectivity index (χ3n) is 4.19. The standard InChI is InChI=1S/C22H21O2P/c1-2-16-3-7-18(8-4-16)19-11-13-21(14-12-19)24-22(23)20-9-5-17(15-25)6-10-20/h3-14H,2,15,25H2,1H3. The molecule has 0 heterocycles. The van der Waals surface area contributed by atoms with Crippen LogP contribution in [0.15, 0.2) is 72.8 Å². The van der Waals surface area contributed by atoms with E-state index in [-0.39, 0.29) is 5.97 Å². The lowest BCUT2D eigenvalue weighted by atomic mass is 10.0. The number of benzene rings is 3. The molecule has 0 fully saturated rings. The van der Waals surface area contributed by atoms with Gasteiger partial charge in [0.1, 0.15) is 5.75 Å².